The van der Waals surface area contributed by atoms with Gasteiger partial charge in [0.25, 0.3) is 15.9 Å². The van der Waals surface area contributed by atoms with Gasteiger partial charge < -0.3 is 10.2 Å². The van der Waals surface area contributed by atoms with Gasteiger partial charge in [0.1, 0.15) is 4.21 Å². The predicted octanol–water partition coefficient (Wildman–Crippen LogP) is 1.94. The average molecular weight is 436 g/mol. The maximum atomic E-state index is 12.7. The van der Waals surface area contributed by atoms with Gasteiger partial charge in [0, 0.05) is 36.6 Å². The van der Waals surface area contributed by atoms with Gasteiger partial charge in [-0.3, -0.25) is 9.59 Å². The quantitative estimate of drug-likeness (QED) is 0.778. The van der Waals surface area contributed by atoms with Crippen molar-refractivity contribution < 1.29 is 18.0 Å². The average Bonchev–Trinajstić information content (AvgIpc) is 3.12. The molecule has 29 heavy (non-hydrogen) atoms. The van der Waals surface area contributed by atoms with Gasteiger partial charge in [0.2, 0.25) is 5.91 Å². The van der Waals surface area contributed by atoms with Gasteiger partial charge in [-0.25, -0.2) is 8.42 Å². The zero-order valence-electron chi connectivity index (χ0n) is 16.8. The van der Waals surface area contributed by atoms with E-state index in [1.165, 1.54) is 15.6 Å². The summed E-state index contributed by atoms with van der Waals surface area (Å²) >= 11 is 1.25. The normalized spacial score (nSPS) is 15.3. The van der Waals surface area contributed by atoms with Crippen molar-refractivity contribution in [1.29, 1.82) is 0 Å². The first kappa shape index (κ1) is 21.5. The van der Waals surface area contributed by atoms with Gasteiger partial charge in [0.05, 0.1) is 6.54 Å². The smallest absolute Gasteiger partial charge is 0.252 e. The summed E-state index contributed by atoms with van der Waals surface area (Å²) in [6, 6.07) is 8.95. The third-order valence-electron chi connectivity index (χ3n) is 4.79. The first-order valence-corrected chi connectivity index (χ1v) is 11.6. The number of hydrogen-bond donors (Lipinski definition) is 1. The van der Waals surface area contributed by atoms with E-state index in [4.69, 9.17) is 0 Å². The topological polar surface area (TPSA) is 86.8 Å². The second kappa shape index (κ2) is 8.64. The number of hydrogen-bond acceptors (Lipinski definition) is 5. The van der Waals surface area contributed by atoms with E-state index in [0.29, 0.717) is 22.9 Å². The third kappa shape index (κ3) is 5.04. The lowest BCUT2D eigenvalue weighted by atomic mass is 10.1. The lowest BCUT2D eigenvalue weighted by Crippen LogP contribution is -2.52. The minimum Gasteiger partial charge on any atom is -0.343 e. The maximum absolute atomic E-state index is 12.7. The highest BCUT2D eigenvalue weighted by molar-refractivity contribution is 7.91. The molecule has 9 heteroatoms. The molecule has 1 fully saturated rings. The maximum Gasteiger partial charge on any atom is 0.252 e. The number of piperazine rings is 1. The number of sulfonamides is 1. The van der Waals surface area contributed by atoms with E-state index < -0.39 is 10.0 Å². The predicted molar refractivity (Wildman–Crippen MR) is 113 cm³/mol. The number of amides is 2. The number of carbonyl (C=O) groups is 2. The van der Waals surface area contributed by atoms with Crippen LogP contribution in [0.25, 0.3) is 0 Å². The number of benzene rings is 1. The number of nitrogens with zero attached hydrogens (tertiary/aromatic N) is 2. The highest BCUT2D eigenvalue weighted by atomic mass is 32.2. The van der Waals surface area contributed by atoms with Crippen LogP contribution in [0.15, 0.2) is 34.5 Å². The van der Waals surface area contributed by atoms with Crippen molar-refractivity contribution in [2.24, 2.45) is 0 Å². The highest BCUT2D eigenvalue weighted by Gasteiger charge is 2.31. The molecule has 156 valence electrons. The minimum atomic E-state index is -3.52. The van der Waals surface area contributed by atoms with E-state index >= 15 is 0 Å². The summed E-state index contributed by atoms with van der Waals surface area (Å²) in [6.45, 7) is 6.70. The van der Waals surface area contributed by atoms with E-state index in [9.17, 15) is 18.0 Å². The Hall–Kier alpha value is -2.23. The van der Waals surface area contributed by atoms with Gasteiger partial charge in [-0.1, -0.05) is 17.2 Å². The molecule has 2 aromatic rings. The molecule has 0 aliphatic carbocycles. The van der Waals surface area contributed by atoms with Crippen LogP contribution in [0.3, 0.4) is 0 Å². The van der Waals surface area contributed by atoms with Crippen LogP contribution < -0.4 is 5.32 Å². The summed E-state index contributed by atoms with van der Waals surface area (Å²) in [6.07, 6.45) is 0. The Morgan fingerprint density at radius 3 is 2.17 bits per heavy atom. The van der Waals surface area contributed by atoms with E-state index in [-0.39, 0.29) is 31.4 Å². The molecule has 1 N–H and O–H groups in total. The van der Waals surface area contributed by atoms with Gasteiger partial charge >= 0.3 is 0 Å². The van der Waals surface area contributed by atoms with Crippen LogP contribution in [0.5, 0.6) is 0 Å². The molecule has 0 bridgehead atoms. The van der Waals surface area contributed by atoms with Crippen LogP contribution >= 0.6 is 11.3 Å². The zero-order valence-corrected chi connectivity index (χ0v) is 18.4. The van der Waals surface area contributed by atoms with E-state index in [1.807, 2.05) is 26.8 Å². The standard InChI is InChI=1S/C20H25N3O4S2/c1-14-10-15(2)12-17(11-14)20(25)21-13-18(24)22-6-8-23(9-7-22)29(26,27)19-5-4-16(3)28-19/h4-5,10-12H,6-9,13H2,1-3H3,(H,21,25). The molecule has 1 saturated heterocycles. The van der Waals surface area contributed by atoms with Crippen molar-refractivity contribution >= 4 is 33.2 Å². The molecular weight excluding hydrogens is 410 g/mol. The molecule has 0 spiro atoms. The van der Waals surface area contributed by atoms with Crippen molar-refractivity contribution in [3.8, 4) is 0 Å². The molecule has 0 atom stereocenters. The molecule has 1 aromatic heterocycles. The third-order valence-corrected chi connectivity index (χ3v) is 8.15. The highest BCUT2D eigenvalue weighted by Crippen LogP contribution is 2.25. The molecule has 3 rings (SSSR count). The first-order valence-electron chi connectivity index (χ1n) is 9.37. The zero-order chi connectivity index (χ0) is 21.2. The summed E-state index contributed by atoms with van der Waals surface area (Å²) < 4.78 is 27.1. The van der Waals surface area contributed by atoms with Crippen molar-refractivity contribution in [2.75, 3.05) is 32.7 Å². The van der Waals surface area contributed by atoms with Crippen LogP contribution in [0, 0.1) is 20.8 Å². The van der Waals surface area contributed by atoms with Crippen LogP contribution in [0.4, 0.5) is 0 Å². The summed E-state index contributed by atoms with van der Waals surface area (Å²) in [5, 5.41) is 2.66. The Morgan fingerprint density at radius 2 is 1.62 bits per heavy atom. The van der Waals surface area contributed by atoms with E-state index in [2.05, 4.69) is 5.32 Å². The van der Waals surface area contributed by atoms with Crippen LogP contribution in [-0.4, -0.2) is 62.2 Å². The van der Waals surface area contributed by atoms with Crippen LogP contribution in [-0.2, 0) is 14.8 Å². The van der Waals surface area contributed by atoms with Crippen molar-refractivity contribution in [3.05, 3.63) is 51.9 Å². The van der Waals surface area contributed by atoms with Gasteiger partial charge in [-0.15, -0.1) is 11.3 Å². The molecule has 0 unspecified atom stereocenters. The first-order chi connectivity index (χ1) is 13.7. The summed E-state index contributed by atoms with van der Waals surface area (Å²) in [7, 11) is -3.52. The lowest BCUT2D eigenvalue weighted by molar-refractivity contribution is -0.131. The van der Waals surface area contributed by atoms with Crippen LogP contribution in [0.1, 0.15) is 26.4 Å². The summed E-state index contributed by atoms with van der Waals surface area (Å²) in [5.41, 5.74) is 2.50. The van der Waals surface area contributed by atoms with E-state index in [1.54, 1.807) is 29.2 Å². The van der Waals surface area contributed by atoms with Gasteiger partial charge in [-0.05, 0) is 45.0 Å². The molecule has 2 heterocycles. The van der Waals surface area contributed by atoms with E-state index in [0.717, 1.165) is 16.0 Å². The van der Waals surface area contributed by atoms with Crippen molar-refractivity contribution in [3.63, 3.8) is 0 Å². The van der Waals surface area contributed by atoms with Gasteiger partial charge in [0.15, 0.2) is 0 Å². The minimum absolute atomic E-state index is 0.108. The Morgan fingerprint density at radius 1 is 1.00 bits per heavy atom. The monoisotopic (exact) mass is 435 g/mol. The van der Waals surface area contributed by atoms with Crippen molar-refractivity contribution in [2.45, 2.75) is 25.0 Å². The number of thiophene rings is 1. The van der Waals surface area contributed by atoms with Gasteiger partial charge in [-0.2, -0.15) is 4.31 Å². The Kier molecular flexibility index (Phi) is 6.40. The number of carbonyl (C=O) groups excluding carboxylic acids is 2. The molecule has 2 amide bonds. The second-order valence-corrected chi connectivity index (χ2v) is 10.7. The molecule has 1 aromatic carbocycles. The Balaban J connectivity index is 1.53. The molecule has 1 aliphatic heterocycles. The fourth-order valence-electron chi connectivity index (χ4n) is 3.33. The Bertz CT molecular complexity index is 1000. The van der Waals surface area contributed by atoms with Crippen molar-refractivity contribution in [1.82, 2.24) is 14.5 Å². The molecular formula is C20H25N3O4S2. The second-order valence-electron chi connectivity index (χ2n) is 7.21. The Labute approximate surface area is 175 Å². The number of nitrogens with one attached hydrogen (secondary N) is 1. The fraction of sp³-hybridized carbons (Fsp3) is 0.400. The molecule has 0 saturated carbocycles. The lowest BCUT2D eigenvalue weighted by Gasteiger charge is -2.33. The molecule has 7 nitrogen and oxygen atoms in total. The number of rotatable bonds is 5. The number of aryl methyl sites for hydroxylation is 3. The SMILES string of the molecule is Cc1cc(C)cc(C(=O)NCC(=O)N2CCN(S(=O)(=O)c3ccc(C)s3)CC2)c1. The summed E-state index contributed by atoms with van der Waals surface area (Å²) in [5.74, 6) is -0.508. The molecule has 0 radical (unpaired) electrons. The fourth-order valence-corrected chi connectivity index (χ4v) is 6.19. The van der Waals surface area contributed by atoms with Crippen LogP contribution in [0.2, 0.25) is 0 Å². The summed E-state index contributed by atoms with van der Waals surface area (Å²) in [4.78, 5) is 27.3. The largest absolute Gasteiger partial charge is 0.343 e. The molecule has 1 aliphatic rings.